The second kappa shape index (κ2) is 10.4. The van der Waals surface area contributed by atoms with Gasteiger partial charge in [-0.15, -0.1) is 11.1 Å². The summed E-state index contributed by atoms with van der Waals surface area (Å²) in [6.45, 7) is 17.2. The van der Waals surface area contributed by atoms with Gasteiger partial charge in [0.2, 0.25) is 0 Å². The smallest absolute Gasteiger partial charge is 0.342 e. The molecule has 0 heterocycles. The summed E-state index contributed by atoms with van der Waals surface area (Å²) in [6.07, 6.45) is 0. The fourth-order valence-corrected chi connectivity index (χ4v) is 8.49. The number of hydrogen-bond acceptors (Lipinski definition) is 3. The van der Waals surface area contributed by atoms with E-state index >= 15 is 0 Å². The third-order valence-electron chi connectivity index (χ3n) is 4.13. The molecule has 0 rings (SSSR count). The Labute approximate surface area is 139 Å². The van der Waals surface area contributed by atoms with Crippen LogP contribution in [0.2, 0.25) is 22.2 Å². The van der Waals surface area contributed by atoms with E-state index in [1.807, 2.05) is 0 Å². The van der Waals surface area contributed by atoms with Gasteiger partial charge in [-0.25, -0.2) is 0 Å². The SMILES string of the molecule is CO[Si](Cl)(C(C)C)C(C)C.CO[Si](OC)(C(C)C)C(C)C. The van der Waals surface area contributed by atoms with E-state index in [9.17, 15) is 0 Å². The van der Waals surface area contributed by atoms with Crippen LogP contribution < -0.4 is 0 Å². The maximum atomic E-state index is 6.31. The molecule has 3 nitrogen and oxygen atoms in total. The van der Waals surface area contributed by atoms with Gasteiger partial charge in [0, 0.05) is 21.3 Å². The first kappa shape index (κ1) is 23.9. The van der Waals surface area contributed by atoms with Crippen LogP contribution in [0.25, 0.3) is 0 Å². The molecule has 0 N–H and O–H groups in total. The summed E-state index contributed by atoms with van der Waals surface area (Å²) in [7, 11) is 1.44. The van der Waals surface area contributed by atoms with E-state index in [2.05, 4.69) is 55.4 Å². The van der Waals surface area contributed by atoms with E-state index in [0.29, 0.717) is 22.2 Å². The summed E-state index contributed by atoms with van der Waals surface area (Å²) in [6, 6.07) is 0. The lowest BCUT2D eigenvalue weighted by molar-refractivity contribution is 0.223. The maximum absolute atomic E-state index is 6.31. The molecule has 0 bridgehead atoms. The van der Waals surface area contributed by atoms with Crippen molar-refractivity contribution in [2.45, 2.75) is 77.6 Å². The van der Waals surface area contributed by atoms with Crippen LogP contribution in [-0.2, 0) is 13.3 Å². The summed E-state index contributed by atoms with van der Waals surface area (Å²) in [5.74, 6) is 0. The highest BCUT2D eigenvalue weighted by atomic mass is 35.6. The van der Waals surface area contributed by atoms with Gasteiger partial charge in [0.15, 0.2) is 0 Å². The molecule has 0 aromatic carbocycles. The Kier molecular flexibility index (Phi) is 11.8. The highest BCUT2D eigenvalue weighted by Gasteiger charge is 2.42. The average Bonchev–Trinajstić information content (AvgIpc) is 2.39. The molecule has 0 saturated heterocycles. The number of rotatable bonds is 7. The maximum Gasteiger partial charge on any atom is 0.342 e. The van der Waals surface area contributed by atoms with Crippen molar-refractivity contribution in [1.82, 2.24) is 0 Å². The molecule has 0 radical (unpaired) electrons. The molecule has 0 aliphatic rings. The van der Waals surface area contributed by atoms with Crippen molar-refractivity contribution in [3.63, 3.8) is 0 Å². The predicted molar refractivity (Wildman–Crippen MR) is 98.8 cm³/mol. The van der Waals surface area contributed by atoms with E-state index in [4.69, 9.17) is 24.4 Å². The Morgan fingerprint density at radius 3 is 0.857 bits per heavy atom. The second-order valence-corrected chi connectivity index (χ2v) is 17.1. The Bertz CT molecular complexity index is 250. The monoisotopic (exact) mass is 356 g/mol. The summed E-state index contributed by atoms with van der Waals surface area (Å²) in [5.41, 5.74) is 1.99. The predicted octanol–water partition coefficient (Wildman–Crippen LogP) is 5.68. The highest BCUT2D eigenvalue weighted by molar-refractivity contribution is 7.18. The molecule has 0 saturated carbocycles. The molecule has 0 aromatic rings. The first-order chi connectivity index (χ1) is 9.46. The van der Waals surface area contributed by atoms with Gasteiger partial charge in [-0.3, -0.25) is 0 Å². The van der Waals surface area contributed by atoms with Crippen molar-refractivity contribution in [3.05, 3.63) is 0 Å². The van der Waals surface area contributed by atoms with Crippen molar-refractivity contribution in [2.75, 3.05) is 21.3 Å². The molecular formula is C15H37ClO3Si2. The lowest BCUT2D eigenvalue weighted by Gasteiger charge is -2.34. The molecule has 0 unspecified atom stereocenters. The molecule has 0 aliphatic heterocycles. The van der Waals surface area contributed by atoms with Gasteiger partial charge >= 0.3 is 8.56 Å². The minimum Gasteiger partial charge on any atom is -0.406 e. The molecule has 0 aromatic heterocycles. The van der Waals surface area contributed by atoms with E-state index < -0.39 is 16.2 Å². The standard InChI is InChI=1S/C8H20O2Si.C7H17ClOSi/c1-7(2)11(9-5,10-6)8(3)4;1-6(2)10(8,9-5)7(3)4/h7-8H,1-6H3;6-7H,1-5H3. The summed E-state index contributed by atoms with van der Waals surface area (Å²) < 4.78 is 16.4. The van der Waals surface area contributed by atoms with Crippen LogP contribution in [0.5, 0.6) is 0 Å². The Balaban J connectivity index is 0. The fourth-order valence-electron chi connectivity index (χ4n) is 2.83. The molecule has 6 heteroatoms. The van der Waals surface area contributed by atoms with Gasteiger partial charge in [0.25, 0.3) is 7.63 Å². The molecule has 0 atom stereocenters. The van der Waals surface area contributed by atoms with Gasteiger partial charge in [-0.1, -0.05) is 55.4 Å². The van der Waals surface area contributed by atoms with Crippen LogP contribution in [-0.4, -0.2) is 37.5 Å². The van der Waals surface area contributed by atoms with Crippen molar-refractivity contribution in [2.24, 2.45) is 0 Å². The van der Waals surface area contributed by atoms with Crippen molar-refractivity contribution in [3.8, 4) is 0 Å². The molecular weight excluding hydrogens is 320 g/mol. The Hall–Kier alpha value is 0.604. The van der Waals surface area contributed by atoms with E-state index in [1.54, 1.807) is 21.3 Å². The average molecular weight is 357 g/mol. The molecule has 21 heavy (non-hydrogen) atoms. The normalized spacial score (nSPS) is 13.1. The van der Waals surface area contributed by atoms with Gasteiger partial charge < -0.3 is 13.3 Å². The minimum absolute atomic E-state index is 0.485. The van der Waals surface area contributed by atoms with Crippen molar-refractivity contribution in [1.29, 1.82) is 0 Å². The van der Waals surface area contributed by atoms with Gasteiger partial charge in [0.05, 0.1) is 0 Å². The Morgan fingerprint density at radius 1 is 0.571 bits per heavy atom. The lowest BCUT2D eigenvalue weighted by Crippen LogP contribution is -2.46. The molecule has 130 valence electrons. The zero-order valence-corrected chi connectivity index (χ0v) is 18.7. The third kappa shape index (κ3) is 6.31. The fraction of sp³-hybridized carbons (Fsp3) is 1.00. The van der Waals surface area contributed by atoms with Crippen LogP contribution >= 0.6 is 11.1 Å². The minimum atomic E-state index is -1.91. The van der Waals surface area contributed by atoms with Crippen LogP contribution in [0.3, 0.4) is 0 Å². The van der Waals surface area contributed by atoms with Crippen molar-refractivity contribution < 1.29 is 13.3 Å². The molecule has 0 spiro atoms. The van der Waals surface area contributed by atoms with Crippen LogP contribution in [0.15, 0.2) is 0 Å². The lowest BCUT2D eigenvalue weighted by atomic mass is 10.5. The first-order valence-corrected chi connectivity index (χ1v) is 12.8. The number of hydrogen-bond donors (Lipinski definition) is 0. The second-order valence-electron chi connectivity index (χ2n) is 6.65. The third-order valence-corrected chi connectivity index (χ3v) is 15.5. The largest absolute Gasteiger partial charge is 0.406 e. The molecule has 0 fully saturated rings. The van der Waals surface area contributed by atoms with E-state index in [1.165, 1.54) is 0 Å². The van der Waals surface area contributed by atoms with E-state index in [0.717, 1.165) is 0 Å². The zero-order valence-electron chi connectivity index (χ0n) is 15.9. The summed E-state index contributed by atoms with van der Waals surface area (Å²) in [4.78, 5) is 0. The Morgan fingerprint density at radius 2 is 0.857 bits per heavy atom. The zero-order chi connectivity index (χ0) is 17.4. The van der Waals surface area contributed by atoms with Crippen LogP contribution in [0.4, 0.5) is 0 Å². The quantitative estimate of drug-likeness (QED) is 0.434. The van der Waals surface area contributed by atoms with Gasteiger partial charge in [-0.2, -0.15) is 0 Å². The van der Waals surface area contributed by atoms with Gasteiger partial charge in [0.1, 0.15) is 0 Å². The molecule has 0 aliphatic carbocycles. The van der Waals surface area contributed by atoms with Crippen LogP contribution in [0, 0.1) is 0 Å². The van der Waals surface area contributed by atoms with Crippen LogP contribution in [0.1, 0.15) is 55.4 Å². The summed E-state index contributed by atoms with van der Waals surface area (Å²) >= 11 is 6.31. The van der Waals surface area contributed by atoms with E-state index in [-0.39, 0.29) is 0 Å². The van der Waals surface area contributed by atoms with Gasteiger partial charge in [-0.05, 0) is 22.2 Å². The number of halogens is 1. The molecule has 0 amide bonds. The highest BCUT2D eigenvalue weighted by Crippen LogP contribution is 2.36. The van der Waals surface area contributed by atoms with Crippen molar-refractivity contribution >= 4 is 27.3 Å². The topological polar surface area (TPSA) is 27.7 Å². The first-order valence-electron chi connectivity index (χ1n) is 7.80. The summed E-state index contributed by atoms with van der Waals surface area (Å²) in [5, 5.41) is 0.